The Morgan fingerprint density at radius 3 is 2.59 bits per heavy atom. The van der Waals surface area contributed by atoms with Gasteiger partial charge in [0.15, 0.2) is 0 Å². The van der Waals surface area contributed by atoms with Gasteiger partial charge in [0.1, 0.15) is 11.4 Å². The highest BCUT2D eigenvalue weighted by Crippen LogP contribution is 2.34. The average Bonchev–Trinajstić information content (AvgIpc) is 3.16. The molecule has 6 nitrogen and oxygen atoms in total. The first-order valence-electron chi connectivity index (χ1n) is 8.90. The minimum atomic E-state index is -0.724. The Bertz CT molecular complexity index is 840. The molecule has 1 aliphatic carbocycles. The number of halogens is 1. The van der Waals surface area contributed by atoms with Crippen molar-refractivity contribution in [1.29, 1.82) is 5.26 Å². The molecule has 1 aromatic heterocycles. The first-order chi connectivity index (χ1) is 12.9. The van der Waals surface area contributed by atoms with Crippen molar-refractivity contribution in [1.82, 2.24) is 15.1 Å². The maximum absolute atomic E-state index is 13.0. The zero-order valence-corrected chi connectivity index (χ0v) is 16.1. The highest BCUT2D eigenvalue weighted by atomic mass is 32.2. The molecule has 142 valence electrons. The average molecular weight is 388 g/mol. The van der Waals surface area contributed by atoms with Crippen LogP contribution in [0.25, 0.3) is 11.5 Å². The highest BCUT2D eigenvalue weighted by Gasteiger charge is 2.40. The molecular formula is C19H21FN4O2S. The summed E-state index contributed by atoms with van der Waals surface area (Å²) >= 11 is 1.16. The molecule has 1 fully saturated rings. The summed E-state index contributed by atoms with van der Waals surface area (Å²) in [5.74, 6) is -0.208. The number of rotatable bonds is 5. The lowest BCUT2D eigenvalue weighted by atomic mass is 9.81. The van der Waals surface area contributed by atoms with Gasteiger partial charge >= 0.3 is 0 Å². The molecule has 0 spiro atoms. The van der Waals surface area contributed by atoms with Crippen LogP contribution in [0.1, 0.15) is 39.0 Å². The number of nitriles is 1. The largest absolute Gasteiger partial charge is 0.411 e. The molecule has 1 amide bonds. The van der Waals surface area contributed by atoms with Gasteiger partial charge in [0.25, 0.3) is 5.22 Å². The first-order valence-corrected chi connectivity index (χ1v) is 9.78. The summed E-state index contributed by atoms with van der Waals surface area (Å²) in [5, 5.41) is 17.4. The first kappa shape index (κ1) is 19.4. The van der Waals surface area contributed by atoms with Crippen molar-refractivity contribution in [3.63, 3.8) is 0 Å². The van der Waals surface area contributed by atoms with E-state index in [-0.39, 0.29) is 22.8 Å². The summed E-state index contributed by atoms with van der Waals surface area (Å²) in [7, 11) is 1.70. The highest BCUT2D eigenvalue weighted by molar-refractivity contribution is 8.00. The number of hydrogen-bond donors (Lipinski definition) is 0. The van der Waals surface area contributed by atoms with Gasteiger partial charge in [-0.15, -0.1) is 10.2 Å². The van der Waals surface area contributed by atoms with Gasteiger partial charge < -0.3 is 9.32 Å². The number of nitrogens with zero attached hydrogens (tertiary/aromatic N) is 4. The van der Waals surface area contributed by atoms with E-state index >= 15 is 0 Å². The van der Waals surface area contributed by atoms with E-state index < -0.39 is 10.8 Å². The Morgan fingerprint density at radius 1 is 1.30 bits per heavy atom. The van der Waals surface area contributed by atoms with Gasteiger partial charge in [0.05, 0.1) is 11.3 Å². The lowest BCUT2D eigenvalue weighted by Crippen LogP contribution is -2.52. The van der Waals surface area contributed by atoms with Gasteiger partial charge in [-0.3, -0.25) is 4.79 Å². The molecule has 0 N–H and O–H groups in total. The third-order valence-corrected chi connectivity index (χ3v) is 5.91. The SMILES string of the molecule is C[C@H](Sc1nnc(-c2ccc(F)cc2)o1)C(=O)N(C)C1(C#N)CCCCC1. The zero-order chi connectivity index (χ0) is 19.4. The van der Waals surface area contributed by atoms with E-state index in [9.17, 15) is 14.4 Å². The third kappa shape index (κ3) is 4.14. The molecule has 0 saturated heterocycles. The maximum atomic E-state index is 13.0. The molecule has 1 aliphatic rings. The normalized spacial score (nSPS) is 17.1. The quantitative estimate of drug-likeness (QED) is 0.719. The fourth-order valence-electron chi connectivity index (χ4n) is 3.31. The van der Waals surface area contributed by atoms with E-state index in [0.29, 0.717) is 18.4 Å². The number of benzene rings is 1. The minimum absolute atomic E-state index is 0.134. The Kier molecular flexibility index (Phi) is 5.80. The van der Waals surface area contributed by atoms with Crippen LogP contribution in [0, 0.1) is 17.1 Å². The summed E-state index contributed by atoms with van der Waals surface area (Å²) in [6.45, 7) is 1.76. The minimum Gasteiger partial charge on any atom is -0.411 e. The lowest BCUT2D eigenvalue weighted by molar-refractivity contribution is -0.133. The number of hydrogen-bond acceptors (Lipinski definition) is 6. The molecule has 3 rings (SSSR count). The molecule has 1 aromatic carbocycles. The van der Waals surface area contributed by atoms with Crippen molar-refractivity contribution in [3.8, 4) is 17.5 Å². The summed E-state index contributed by atoms with van der Waals surface area (Å²) in [4.78, 5) is 14.4. The van der Waals surface area contributed by atoms with E-state index in [1.807, 2.05) is 0 Å². The Morgan fingerprint density at radius 2 is 1.96 bits per heavy atom. The number of carbonyl (C=O) groups excluding carboxylic acids is 1. The van der Waals surface area contributed by atoms with E-state index in [4.69, 9.17) is 4.42 Å². The predicted molar refractivity (Wildman–Crippen MR) is 99.2 cm³/mol. The standard InChI is InChI=1S/C19H21FN4O2S/c1-13(17(25)24(2)19(12-21)10-4-3-5-11-19)27-18-23-22-16(26-18)14-6-8-15(20)9-7-14/h6-9,13H,3-5,10-11H2,1-2H3/t13-/m0/s1. The molecule has 2 aromatic rings. The summed E-state index contributed by atoms with van der Waals surface area (Å²) in [6, 6.07) is 8.11. The van der Waals surface area contributed by atoms with Gasteiger partial charge in [-0.05, 0) is 44.0 Å². The van der Waals surface area contributed by atoms with E-state index in [1.165, 1.54) is 12.1 Å². The second kappa shape index (κ2) is 8.09. The summed E-state index contributed by atoms with van der Waals surface area (Å²) < 4.78 is 18.6. The molecule has 0 bridgehead atoms. The van der Waals surface area contributed by atoms with Gasteiger partial charge in [-0.1, -0.05) is 31.0 Å². The van der Waals surface area contributed by atoms with Gasteiger partial charge in [0, 0.05) is 12.6 Å². The van der Waals surface area contributed by atoms with Crippen LogP contribution in [-0.2, 0) is 4.79 Å². The van der Waals surface area contributed by atoms with Crippen LogP contribution in [-0.4, -0.2) is 38.8 Å². The Labute approximate surface area is 161 Å². The number of carbonyl (C=O) groups is 1. The fourth-order valence-corrected chi connectivity index (χ4v) is 4.09. The molecule has 8 heteroatoms. The molecule has 1 atom stereocenters. The predicted octanol–water partition coefficient (Wildman–Crippen LogP) is 4.04. The van der Waals surface area contributed by atoms with Crippen molar-refractivity contribution in [2.45, 2.75) is 55.0 Å². The molecule has 27 heavy (non-hydrogen) atoms. The monoisotopic (exact) mass is 388 g/mol. The fraction of sp³-hybridized carbons (Fsp3) is 0.474. The summed E-state index contributed by atoms with van der Waals surface area (Å²) in [5.41, 5.74) is -0.115. The van der Waals surface area contributed by atoms with Gasteiger partial charge in [-0.25, -0.2) is 4.39 Å². The molecular weight excluding hydrogens is 367 g/mol. The summed E-state index contributed by atoms with van der Waals surface area (Å²) in [6.07, 6.45) is 4.43. The Hall–Kier alpha value is -2.40. The number of aromatic nitrogens is 2. The van der Waals surface area contributed by atoms with Crippen molar-refractivity contribution in [3.05, 3.63) is 30.1 Å². The number of thioether (sulfide) groups is 1. The van der Waals surface area contributed by atoms with Crippen LogP contribution in [0.15, 0.2) is 33.9 Å². The lowest BCUT2D eigenvalue weighted by Gasteiger charge is -2.39. The maximum Gasteiger partial charge on any atom is 0.277 e. The van der Waals surface area contributed by atoms with Crippen molar-refractivity contribution >= 4 is 17.7 Å². The van der Waals surface area contributed by atoms with Crippen LogP contribution in [0.3, 0.4) is 0 Å². The smallest absolute Gasteiger partial charge is 0.277 e. The van der Waals surface area contributed by atoms with Crippen LogP contribution in [0.5, 0.6) is 0 Å². The topological polar surface area (TPSA) is 83.0 Å². The van der Waals surface area contributed by atoms with E-state index in [0.717, 1.165) is 31.0 Å². The zero-order valence-electron chi connectivity index (χ0n) is 15.3. The van der Waals surface area contributed by atoms with Crippen LogP contribution in [0.4, 0.5) is 4.39 Å². The van der Waals surface area contributed by atoms with Crippen LogP contribution >= 0.6 is 11.8 Å². The van der Waals surface area contributed by atoms with Crippen molar-refractivity contribution in [2.75, 3.05) is 7.05 Å². The van der Waals surface area contributed by atoms with Gasteiger partial charge in [0.2, 0.25) is 11.8 Å². The number of amides is 1. The second-order valence-corrected chi connectivity index (χ2v) is 8.03. The molecule has 0 unspecified atom stereocenters. The second-order valence-electron chi connectivity index (χ2n) is 6.74. The van der Waals surface area contributed by atoms with Crippen LogP contribution in [0.2, 0.25) is 0 Å². The molecule has 0 aliphatic heterocycles. The van der Waals surface area contributed by atoms with Crippen molar-refractivity contribution < 1.29 is 13.6 Å². The van der Waals surface area contributed by atoms with Crippen LogP contribution < -0.4 is 0 Å². The molecule has 1 saturated carbocycles. The Balaban J connectivity index is 1.68. The van der Waals surface area contributed by atoms with E-state index in [2.05, 4.69) is 16.3 Å². The van der Waals surface area contributed by atoms with Crippen molar-refractivity contribution in [2.24, 2.45) is 0 Å². The van der Waals surface area contributed by atoms with Gasteiger partial charge in [-0.2, -0.15) is 5.26 Å². The molecule has 0 radical (unpaired) electrons. The molecule has 1 heterocycles. The van der Waals surface area contributed by atoms with E-state index in [1.54, 1.807) is 31.0 Å². The third-order valence-electron chi connectivity index (χ3n) is 4.98.